The number of aliphatic carboxylic acids is 1. The molecule has 0 radical (unpaired) electrons. The SMILES string of the molecule is CCn1nc(-c2cccc(-c3ccc(CC(=O)O)cc3)c2)cc(N)c1=O. The van der Waals surface area contributed by atoms with E-state index in [1.54, 1.807) is 6.07 Å². The van der Waals surface area contributed by atoms with Gasteiger partial charge in [0.15, 0.2) is 0 Å². The highest BCUT2D eigenvalue weighted by atomic mass is 16.4. The van der Waals surface area contributed by atoms with E-state index >= 15 is 0 Å². The van der Waals surface area contributed by atoms with Crippen molar-refractivity contribution in [2.45, 2.75) is 19.9 Å². The van der Waals surface area contributed by atoms with Crippen LogP contribution in [0, 0.1) is 0 Å². The van der Waals surface area contributed by atoms with Crippen molar-refractivity contribution >= 4 is 11.7 Å². The van der Waals surface area contributed by atoms with Gasteiger partial charge in [0.1, 0.15) is 5.69 Å². The summed E-state index contributed by atoms with van der Waals surface area (Å²) in [5, 5.41) is 13.2. The molecule has 1 aromatic heterocycles. The van der Waals surface area contributed by atoms with Crippen molar-refractivity contribution in [1.29, 1.82) is 0 Å². The second-order valence-electron chi connectivity index (χ2n) is 5.95. The predicted molar refractivity (Wildman–Crippen MR) is 101 cm³/mol. The Balaban J connectivity index is 1.97. The minimum Gasteiger partial charge on any atom is -0.481 e. The van der Waals surface area contributed by atoms with Crippen LogP contribution in [-0.2, 0) is 17.8 Å². The summed E-state index contributed by atoms with van der Waals surface area (Å²) in [6, 6.07) is 16.8. The highest BCUT2D eigenvalue weighted by Crippen LogP contribution is 2.26. The number of benzene rings is 2. The van der Waals surface area contributed by atoms with Crippen LogP contribution in [-0.4, -0.2) is 20.9 Å². The Bertz CT molecular complexity index is 1010. The number of anilines is 1. The molecule has 0 amide bonds. The van der Waals surface area contributed by atoms with E-state index in [2.05, 4.69) is 5.10 Å². The first-order valence-corrected chi connectivity index (χ1v) is 8.27. The molecular weight excluding hydrogens is 330 g/mol. The molecular formula is C20H19N3O3. The Morgan fingerprint density at radius 1 is 1.08 bits per heavy atom. The van der Waals surface area contributed by atoms with Gasteiger partial charge in [-0.15, -0.1) is 0 Å². The molecule has 0 spiro atoms. The van der Waals surface area contributed by atoms with E-state index in [1.165, 1.54) is 4.68 Å². The van der Waals surface area contributed by atoms with Gasteiger partial charge in [0.25, 0.3) is 5.56 Å². The van der Waals surface area contributed by atoms with Crippen LogP contribution >= 0.6 is 0 Å². The van der Waals surface area contributed by atoms with Crippen LogP contribution in [0.5, 0.6) is 0 Å². The molecule has 6 nitrogen and oxygen atoms in total. The van der Waals surface area contributed by atoms with Crippen LogP contribution < -0.4 is 11.3 Å². The molecule has 3 N–H and O–H groups in total. The molecule has 3 rings (SSSR count). The normalized spacial score (nSPS) is 10.7. The summed E-state index contributed by atoms with van der Waals surface area (Å²) in [5.41, 5.74) is 9.87. The van der Waals surface area contributed by atoms with E-state index in [-0.39, 0.29) is 17.7 Å². The maximum atomic E-state index is 11.9. The summed E-state index contributed by atoms with van der Waals surface area (Å²) in [6.07, 6.45) is 0.00206. The number of hydrogen-bond acceptors (Lipinski definition) is 4. The van der Waals surface area contributed by atoms with Crippen molar-refractivity contribution in [2.75, 3.05) is 5.73 Å². The number of nitrogens with zero attached hydrogens (tertiary/aromatic N) is 2. The number of carboxylic acid groups (broad SMARTS) is 1. The smallest absolute Gasteiger partial charge is 0.307 e. The van der Waals surface area contributed by atoms with Gasteiger partial charge < -0.3 is 10.8 Å². The number of carbonyl (C=O) groups is 1. The van der Waals surface area contributed by atoms with Crippen molar-refractivity contribution in [3.05, 3.63) is 70.5 Å². The van der Waals surface area contributed by atoms with Crippen molar-refractivity contribution in [3.63, 3.8) is 0 Å². The molecule has 0 unspecified atom stereocenters. The fourth-order valence-corrected chi connectivity index (χ4v) is 2.77. The average molecular weight is 349 g/mol. The second kappa shape index (κ2) is 7.23. The van der Waals surface area contributed by atoms with Crippen molar-refractivity contribution in [1.82, 2.24) is 9.78 Å². The number of hydrogen-bond donors (Lipinski definition) is 2. The monoisotopic (exact) mass is 349 g/mol. The molecule has 132 valence electrons. The van der Waals surface area contributed by atoms with Gasteiger partial charge in [-0.05, 0) is 35.7 Å². The molecule has 0 saturated carbocycles. The summed E-state index contributed by atoms with van der Waals surface area (Å²) in [5.74, 6) is -0.852. The first-order valence-electron chi connectivity index (χ1n) is 8.27. The number of aromatic nitrogens is 2. The van der Waals surface area contributed by atoms with Crippen molar-refractivity contribution < 1.29 is 9.90 Å². The lowest BCUT2D eigenvalue weighted by Gasteiger charge is -2.09. The highest BCUT2D eigenvalue weighted by molar-refractivity contribution is 5.73. The van der Waals surface area contributed by atoms with E-state index in [0.29, 0.717) is 12.2 Å². The van der Waals surface area contributed by atoms with Crippen LogP contribution in [0.2, 0.25) is 0 Å². The van der Waals surface area contributed by atoms with Crippen molar-refractivity contribution in [2.24, 2.45) is 0 Å². The first kappa shape index (κ1) is 17.4. The molecule has 26 heavy (non-hydrogen) atoms. The standard InChI is InChI=1S/C20H19N3O3/c1-2-23-20(26)17(21)12-18(22-23)16-5-3-4-15(11-16)14-8-6-13(7-9-14)10-19(24)25/h3-9,11-12H,2,10,21H2,1H3,(H,24,25). The van der Waals surface area contributed by atoms with E-state index in [4.69, 9.17) is 10.8 Å². The molecule has 0 aliphatic rings. The number of carboxylic acids is 1. The van der Waals surface area contributed by atoms with E-state index in [1.807, 2.05) is 55.5 Å². The molecule has 0 fully saturated rings. The minimum atomic E-state index is -0.852. The van der Waals surface area contributed by atoms with Gasteiger partial charge in [0, 0.05) is 12.1 Å². The lowest BCUT2D eigenvalue weighted by atomic mass is 10.00. The highest BCUT2D eigenvalue weighted by Gasteiger charge is 2.08. The zero-order valence-electron chi connectivity index (χ0n) is 14.3. The van der Waals surface area contributed by atoms with Crippen LogP contribution in [0.4, 0.5) is 5.69 Å². The molecule has 0 aliphatic heterocycles. The molecule has 0 saturated heterocycles. The Hall–Kier alpha value is -3.41. The Kier molecular flexibility index (Phi) is 4.84. The molecule has 6 heteroatoms. The third-order valence-corrected chi connectivity index (χ3v) is 4.10. The van der Waals surface area contributed by atoms with Crippen LogP contribution in [0.15, 0.2) is 59.4 Å². The third-order valence-electron chi connectivity index (χ3n) is 4.10. The van der Waals surface area contributed by atoms with Gasteiger partial charge in [-0.3, -0.25) is 9.59 Å². The quantitative estimate of drug-likeness (QED) is 0.738. The topological polar surface area (TPSA) is 98.2 Å². The molecule has 2 aromatic carbocycles. The van der Waals surface area contributed by atoms with Gasteiger partial charge >= 0.3 is 5.97 Å². The predicted octanol–water partition coefficient (Wildman–Crippen LogP) is 2.81. The van der Waals surface area contributed by atoms with Gasteiger partial charge in [0.05, 0.1) is 12.1 Å². The summed E-state index contributed by atoms with van der Waals surface area (Å²) in [7, 11) is 0. The third kappa shape index (κ3) is 3.64. The Morgan fingerprint density at radius 3 is 2.42 bits per heavy atom. The second-order valence-corrected chi connectivity index (χ2v) is 5.95. The summed E-state index contributed by atoms with van der Waals surface area (Å²) >= 11 is 0. The van der Waals surface area contributed by atoms with E-state index in [0.717, 1.165) is 22.3 Å². The molecule has 1 heterocycles. The first-order chi connectivity index (χ1) is 12.5. The van der Waals surface area contributed by atoms with E-state index < -0.39 is 5.97 Å². The molecule has 0 aliphatic carbocycles. The zero-order valence-corrected chi connectivity index (χ0v) is 14.3. The van der Waals surface area contributed by atoms with Crippen LogP contribution in [0.1, 0.15) is 12.5 Å². The number of aryl methyl sites for hydroxylation is 1. The Labute approximate surface area is 150 Å². The number of nitrogens with two attached hydrogens (primary N) is 1. The minimum absolute atomic E-state index is 0.00206. The lowest BCUT2D eigenvalue weighted by Crippen LogP contribution is -2.24. The molecule has 3 aromatic rings. The van der Waals surface area contributed by atoms with Crippen LogP contribution in [0.25, 0.3) is 22.4 Å². The van der Waals surface area contributed by atoms with Gasteiger partial charge in [-0.2, -0.15) is 5.10 Å². The van der Waals surface area contributed by atoms with Gasteiger partial charge in [-0.25, -0.2) is 4.68 Å². The summed E-state index contributed by atoms with van der Waals surface area (Å²) in [6.45, 7) is 2.29. The number of rotatable bonds is 5. The fraction of sp³-hybridized carbons (Fsp3) is 0.150. The summed E-state index contributed by atoms with van der Waals surface area (Å²) < 4.78 is 1.35. The maximum absolute atomic E-state index is 11.9. The average Bonchev–Trinajstić information content (AvgIpc) is 2.64. The van der Waals surface area contributed by atoms with E-state index in [9.17, 15) is 9.59 Å². The fourth-order valence-electron chi connectivity index (χ4n) is 2.77. The summed E-state index contributed by atoms with van der Waals surface area (Å²) in [4.78, 5) is 22.7. The molecule has 0 atom stereocenters. The maximum Gasteiger partial charge on any atom is 0.307 e. The largest absolute Gasteiger partial charge is 0.481 e. The van der Waals surface area contributed by atoms with Gasteiger partial charge in [-0.1, -0.05) is 42.5 Å². The molecule has 0 bridgehead atoms. The van der Waals surface area contributed by atoms with Crippen molar-refractivity contribution in [3.8, 4) is 22.4 Å². The Morgan fingerprint density at radius 2 is 1.77 bits per heavy atom. The number of nitrogen functional groups attached to an aromatic ring is 1. The lowest BCUT2D eigenvalue weighted by molar-refractivity contribution is -0.136. The van der Waals surface area contributed by atoms with Gasteiger partial charge in [0.2, 0.25) is 0 Å². The zero-order chi connectivity index (χ0) is 18.7. The van der Waals surface area contributed by atoms with Crippen LogP contribution in [0.3, 0.4) is 0 Å².